The minimum atomic E-state index is -0.0838. The molecular formula is C22H24N4O. The Morgan fingerprint density at radius 1 is 1.07 bits per heavy atom. The Labute approximate surface area is 159 Å². The fraction of sp³-hybridized carbons (Fsp3) is 0.273. The Morgan fingerprint density at radius 3 is 2.52 bits per heavy atom. The molecule has 0 radical (unpaired) electrons. The summed E-state index contributed by atoms with van der Waals surface area (Å²) in [6.45, 7) is 2.36. The molecule has 0 aliphatic carbocycles. The maximum atomic E-state index is 13.1. The minimum Gasteiger partial charge on any atom is -0.316 e. The number of nitrogens with zero attached hydrogens (tertiary/aromatic N) is 3. The fourth-order valence-corrected chi connectivity index (χ4v) is 3.55. The predicted molar refractivity (Wildman–Crippen MR) is 108 cm³/mol. The molecule has 0 amide bonds. The Balaban J connectivity index is 1.67. The second-order valence-electron chi connectivity index (χ2n) is 6.85. The van der Waals surface area contributed by atoms with Crippen LogP contribution in [-0.4, -0.2) is 27.4 Å². The topological polar surface area (TPSA) is 51.9 Å². The van der Waals surface area contributed by atoms with Crippen molar-refractivity contribution in [2.45, 2.75) is 25.3 Å². The summed E-state index contributed by atoms with van der Waals surface area (Å²) in [5.74, 6) is 1.11. The highest BCUT2D eigenvalue weighted by Crippen LogP contribution is 2.22. The molecule has 1 atom stereocenters. The molecule has 3 aromatic rings. The van der Waals surface area contributed by atoms with Crippen molar-refractivity contribution in [2.24, 2.45) is 0 Å². The van der Waals surface area contributed by atoms with Crippen LogP contribution in [0.5, 0.6) is 0 Å². The average molecular weight is 360 g/mol. The lowest BCUT2D eigenvalue weighted by Gasteiger charge is -2.22. The number of para-hydroxylation sites is 1. The van der Waals surface area contributed by atoms with Gasteiger partial charge >= 0.3 is 5.69 Å². The van der Waals surface area contributed by atoms with E-state index in [4.69, 9.17) is 5.10 Å². The van der Waals surface area contributed by atoms with Gasteiger partial charge in [0.25, 0.3) is 0 Å². The highest BCUT2D eigenvalue weighted by atomic mass is 16.2. The van der Waals surface area contributed by atoms with E-state index in [9.17, 15) is 4.79 Å². The van der Waals surface area contributed by atoms with E-state index in [0.717, 1.165) is 43.0 Å². The highest BCUT2D eigenvalue weighted by Gasteiger charge is 2.24. The smallest absolute Gasteiger partial charge is 0.316 e. The van der Waals surface area contributed by atoms with Crippen LogP contribution >= 0.6 is 0 Å². The van der Waals surface area contributed by atoms with Gasteiger partial charge in [-0.25, -0.2) is 14.0 Å². The van der Waals surface area contributed by atoms with E-state index in [1.807, 2.05) is 72.8 Å². The molecule has 5 nitrogen and oxygen atoms in total. The maximum absolute atomic E-state index is 13.1. The Morgan fingerprint density at radius 2 is 1.81 bits per heavy atom. The van der Waals surface area contributed by atoms with Crippen LogP contribution in [-0.2, 0) is 6.54 Å². The summed E-state index contributed by atoms with van der Waals surface area (Å²) in [4.78, 5) is 13.1. The van der Waals surface area contributed by atoms with Crippen molar-refractivity contribution >= 4 is 6.08 Å². The number of rotatable bonds is 5. The van der Waals surface area contributed by atoms with Crippen molar-refractivity contribution in [1.29, 1.82) is 0 Å². The highest BCUT2D eigenvalue weighted by molar-refractivity contribution is 5.48. The number of allylic oxidation sites excluding steroid dienone is 1. The van der Waals surface area contributed by atoms with E-state index in [2.05, 4.69) is 5.32 Å². The van der Waals surface area contributed by atoms with Crippen LogP contribution in [0.1, 0.15) is 30.1 Å². The molecule has 1 aliphatic heterocycles. The zero-order valence-electron chi connectivity index (χ0n) is 15.3. The molecule has 5 heteroatoms. The minimum absolute atomic E-state index is 0.0838. The lowest BCUT2D eigenvalue weighted by Crippen LogP contribution is -2.31. The van der Waals surface area contributed by atoms with Gasteiger partial charge in [-0.3, -0.25) is 0 Å². The van der Waals surface area contributed by atoms with E-state index in [0.29, 0.717) is 6.54 Å². The summed E-state index contributed by atoms with van der Waals surface area (Å²) in [6.07, 6.45) is 6.17. The molecule has 0 unspecified atom stereocenters. The molecule has 27 heavy (non-hydrogen) atoms. The molecule has 1 N–H and O–H groups in total. The molecule has 4 rings (SSSR count). The summed E-state index contributed by atoms with van der Waals surface area (Å²) in [7, 11) is 0. The van der Waals surface area contributed by atoms with Crippen molar-refractivity contribution in [3.05, 3.63) is 88.6 Å². The number of hydrogen-bond donors (Lipinski definition) is 1. The molecule has 138 valence electrons. The van der Waals surface area contributed by atoms with Crippen LogP contribution in [0.2, 0.25) is 0 Å². The zero-order chi connectivity index (χ0) is 18.5. The van der Waals surface area contributed by atoms with Crippen molar-refractivity contribution in [3.63, 3.8) is 0 Å². The molecule has 1 saturated heterocycles. The van der Waals surface area contributed by atoms with Crippen molar-refractivity contribution in [2.75, 3.05) is 13.1 Å². The summed E-state index contributed by atoms with van der Waals surface area (Å²) in [5, 5.41) is 8.14. The third kappa shape index (κ3) is 3.93. The van der Waals surface area contributed by atoms with Gasteiger partial charge in [-0.05, 0) is 37.1 Å². The first-order valence-electron chi connectivity index (χ1n) is 9.50. The Hall–Kier alpha value is -2.92. The first-order valence-corrected chi connectivity index (χ1v) is 9.50. The first kappa shape index (κ1) is 17.5. The summed E-state index contributed by atoms with van der Waals surface area (Å²) in [5.41, 5.74) is 1.91. The van der Waals surface area contributed by atoms with Crippen LogP contribution in [0.3, 0.4) is 0 Å². The third-order valence-corrected chi connectivity index (χ3v) is 4.93. The first-order chi connectivity index (χ1) is 13.3. The lowest BCUT2D eigenvalue weighted by molar-refractivity contribution is 0.440. The van der Waals surface area contributed by atoms with Gasteiger partial charge in [0.05, 0.1) is 12.2 Å². The molecule has 0 saturated carbocycles. The van der Waals surface area contributed by atoms with Crippen LogP contribution in [0.4, 0.5) is 0 Å². The van der Waals surface area contributed by atoms with Gasteiger partial charge in [0, 0.05) is 12.5 Å². The van der Waals surface area contributed by atoms with Crippen LogP contribution in [0.15, 0.2) is 71.5 Å². The molecule has 0 spiro atoms. The number of aromatic nitrogens is 3. The summed E-state index contributed by atoms with van der Waals surface area (Å²) < 4.78 is 3.34. The normalized spacial score (nSPS) is 17.4. The second kappa shape index (κ2) is 8.18. The molecule has 0 bridgehead atoms. The quantitative estimate of drug-likeness (QED) is 0.760. The van der Waals surface area contributed by atoms with Gasteiger partial charge < -0.3 is 5.32 Å². The van der Waals surface area contributed by atoms with Crippen LogP contribution in [0, 0.1) is 0 Å². The molecule has 1 fully saturated rings. The van der Waals surface area contributed by atoms with Gasteiger partial charge in [0.1, 0.15) is 5.82 Å². The monoisotopic (exact) mass is 360 g/mol. The van der Waals surface area contributed by atoms with Gasteiger partial charge in [0.15, 0.2) is 0 Å². The van der Waals surface area contributed by atoms with E-state index in [1.165, 1.54) is 0 Å². The standard InChI is InChI=1S/C22H24N4O/c27-22-25(16-8-11-18-9-3-1-4-10-18)24-21(19-12-7-15-23-17-19)26(22)20-13-5-2-6-14-20/h1-6,8-11,13-14,19,23H,7,12,15-17H2/b11-8+/t19-/m1/s1. The summed E-state index contributed by atoms with van der Waals surface area (Å²) >= 11 is 0. The van der Waals surface area contributed by atoms with Crippen molar-refractivity contribution in [1.82, 2.24) is 19.7 Å². The van der Waals surface area contributed by atoms with E-state index in [-0.39, 0.29) is 11.6 Å². The third-order valence-electron chi connectivity index (χ3n) is 4.93. The average Bonchev–Trinajstić information content (AvgIpc) is 3.06. The maximum Gasteiger partial charge on any atom is 0.350 e. The van der Waals surface area contributed by atoms with Gasteiger partial charge in [-0.2, -0.15) is 5.10 Å². The van der Waals surface area contributed by atoms with Crippen molar-refractivity contribution < 1.29 is 0 Å². The lowest BCUT2D eigenvalue weighted by atomic mass is 9.99. The fourth-order valence-electron chi connectivity index (χ4n) is 3.55. The number of nitrogens with one attached hydrogen (secondary N) is 1. The SMILES string of the molecule is O=c1n(C/C=C/c2ccccc2)nc([C@@H]2CCCNC2)n1-c1ccccc1. The number of hydrogen-bond acceptors (Lipinski definition) is 3. The van der Waals surface area contributed by atoms with E-state index >= 15 is 0 Å². The number of piperidine rings is 1. The second-order valence-corrected chi connectivity index (χ2v) is 6.85. The molecule has 2 aromatic carbocycles. The van der Waals surface area contributed by atoms with Gasteiger partial charge in [-0.15, -0.1) is 0 Å². The van der Waals surface area contributed by atoms with E-state index in [1.54, 1.807) is 9.25 Å². The molecular weight excluding hydrogens is 336 g/mol. The van der Waals surface area contributed by atoms with Crippen molar-refractivity contribution in [3.8, 4) is 5.69 Å². The summed E-state index contributed by atoms with van der Waals surface area (Å²) in [6, 6.07) is 19.9. The molecule has 1 aromatic heterocycles. The molecule has 2 heterocycles. The predicted octanol–water partition coefficient (Wildman–Crippen LogP) is 3.21. The Bertz CT molecular complexity index is 951. The van der Waals surface area contributed by atoms with Crippen LogP contribution in [0.25, 0.3) is 11.8 Å². The van der Waals surface area contributed by atoms with Crippen LogP contribution < -0.4 is 11.0 Å². The Kier molecular flexibility index (Phi) is 5.30. The molecule has 1 aliphatic rings. The largest absolute Gasteiger partial charge is 0.350 e. The van der Waals surface area contributed by atoms with Gasteiger partial charge in [-0.1, -0.05) is 60.7 Å². The zero-order valence-corrected chi connectivity index (χ0v) is 15.3. The van der Waals surface area contributed by atoms with E-state index < -0.39 is 0 Å². The number of benzene rings is 2. The van der Waals surface area contributed by atoms with Gasteiger partial charge in [0.2, 0.25) is 0 Å².